The lowest BCUT2D eigenvalue weighted by Gasteiger charge is -2.43. The van der Waals surface area contributed by atoms with Crippen LogP contribution in [0.4, 0.5) is 0 Å². The van der Waals surface area contributed by atoms with Gasteiger partial charge in [-0.3, -0.25) is 0 Å². The lowest BCUT2D eigenvalue weighted by molar-refractivity contribution is -0.383. The number of methoxy groups -OCH3 is 1. The molecule has 0 bridgehead atoms. The average molecular weight is 665 g/mol. The number of aliphatic hydroxyl groups is 6. The fraction of sp³-hybridized carbons (Fsp3) is 0.419. The van der Waals surface area contributed by atoms with Crippen molar-refractivity contribution in [2.24, 2.45) is 0 Å². The highest BCUT2D eigenvalue weighted by Crippen LogP contribution is 2.37. The molecule has 2 saturated heterocycles. The molecule has 16 nitrogen and oxygen atoms in total. The Bertz CT molecular complexity index is 1430. The molecule has 9 atom stereocenters. The highest BCUT2D eigenvalue weighted by Gasteiger charge is 2.59. The van der Waals surface area contributed by atoms with E-state index in [0.717, 1.165) is 12.2 Å². The summed E-state index contributed by atoms with van der Waals surface area (Å²) in [7, 11) is 1.36. The van der Waals surface area contributed by atoms with Gasteiger partial charge in [-0.1, -0.05) is 18.2 Å². The summed E-state index contributed by atoms with van der Waals surface area (Å²) >= 11 is 0. The molecule has 0 spiro atoms. The minimum atomic E-state index is -2.48. The number of hydrogen-bond donors (Lipinski definition) is 8. The van der Waals surface area contributed by atoms with E-state index in [1.807, 2.05) is 0 Å². The molecule has 47 heavy (non-hydrogen) atoms. The van der Waals surface area contributed by atoms with Gasteiger partial charge >= 0.3 is 11.9 Å². The maximum atomic E-state index is 12.6. The van der Waals surface area contributed by atoms with Crippen LogP contribution in [-0.4, -0.2) is 135 Å². The maximum absolute atomic E-state index is 12.6. The minimum absolute atomic E-state index is 0.0113. The van der Waals surface area contributed by atoms with Gasteiger partial charge in [0, 0.05) is 12.2 Å². The number of phenols is 2. The molecule has 2 heterocycles. The van der Waals surface area contributed by atoms with Gasteiger partial charge in [0.25, 0.3) is 0 Å². The van der Waals surface area contributed by atoms with Crippen LogP contribution in [0.15, 0.2) is 54.6 Å². The van der Waals surface area contributed by atoms with Crippen LogP contribution in [0.25, 0.3) is 12.2 Å². The number of benzene rings is 2. The summed E-state index contributed by atoms with van der Waals surface area (Å²) in [5.74, 6) is -4.26. The smallest absolute Gasteiger partial charge is 0.330 e. The van der Waals surface area contributed by atoms with Crippen LogP contribution < -0.4 is 4.74 Å². The van der Waals surface area contributed by atoms with Crippen molar-refractivity contribution in [2.75, 3.05) is 26.9 Å². The van der Waals surface area contributed by atoms with E-state index in [1.165, 1.54) is 61.7 Å². The minimum Gasteiger partial charge on any atom is -0.508 e. The third-order valence-electron chi connectivity index (χ3n) is 7.40. The summed E-state index contributed by atoms with van der Waals surface area (Å²) in [4.78, 5) is 25.0. The van der Waals surface area contributed by atoms with Crippen molar-refractivity contribution < 1.29 is 78.9 Å². The second-order valence-corrected chi connectivity index (χ2v) is 10.6. The zero-order valence-electron chi connectivity index (χ0n) is 24.9. The Morgan fingerprint density at radius 3 is 2.13 bits per heavy atom. The largest absolute Gasteiger partial charge is 0.508 e. The van der Waals surface area contributed by atoms with E-state index >= 15 is 0 Å². The molecule has 16 heteroatoms. The molecule has 0 aromatic heterocycles. The van der Waals surface area contributed by atoms with Crippen LogP contribution in [0.2, 0.25) is 0 Å². The SMILES string of the molecule is COc1cc(/C=C/C(=O)OC[C@H]2O[C@@](COC(=O)/C=C/c3ccc(O)cc3)(O[C@H]3O[C@H](CO)[C@@H](O)[C@H](O)[C@H]3O)[C@@H](O)[C@@H]2O)ccc1O. The second-order valence-electron chi connectivity index (χ2n) is 10.6. The first kappa shape index (κ1) is 35.7. The van der Waals surface area contributed by atoms with Crippen LogP contribution >= 0.6 is 0 Å². The van der Waals surface area contributed by atoms with Crippen molar-refractivity contribution in [1.82, 2.24) is 0 Å². The standard InChI is InChI=1S/C31H36O16/c1-42-20-12-17(4-9-19(20)34)6-11-23(35)43-14-22-26(38)29(41)31(46-22,47-30-28(40)27(39)25(37)21(13-32)45-30)15-44-24(36)10-5-16-2-7-18(33)8-3-16/h2-12,21-22,25-30,32-34,37-41H,13-15H2,1H3/b10-5+,11-6+/t21-,22-,25-,26-,27+,28-,29+,30-,31+/m1/s1. The Balaban J connectivity index is 1.48. The first-order valence-corrected chi connectivity index (χ1v) is 14.3. The van der Waals surface area contributed by atoms with Crippen LogP contribution in [-0.2, 0) is 33.3 Å². The van der Waals surface area contributed by atoms with Gasteiger partial charge < -0.3 is 69.3 Å². The molecule has 2 aromatic carbocycles. The van der Waals surface area contributed by atoms with E-state index in [-0.39, 0.29) is 17.2 Å². The van der Waals surface area contributed by atoms with Crippen LogP contribution in [0.1, 0.15) is 11.1 Å². The van der Waals surface area contributed by atoms with Crippen molar-refractivity contribution >= 4 is 24.1 Å². The number of aliphatic hydroxyl groups excluding tert-OH is 6. The highest BCUT2D eigenvalue weighted by atomic mass is 16.8. The molecule has 4 rings (SSSR count). The normalized spacial score (nSPS) is 30.9. The molecule has 0 amide bonds. The van der Waals surface area contributed by atoms with Gasteiger partial charge in [-0.2, -0.15) is 0 Å². The van der Waals surface area contributed by atoms with Crippen molar-refractivity contribution in [3.05, 3.63) is 65.7 Å². The van der Waals surface area contributed by atoms with E-state index in [9.17, 15) is 50.4 Å². The monoisotopic (exact) mass is 664 g/mol. The molecule has 0 saturated carbocycles. The molecule has 8 N–H and O–H groups in total. The summed E-state index contributed by atoms with van der Waals surface area (Å²) in [5.41, 5.74) is 1.01. The lowest BCUT2D eigenvalue weighted by Crippen LogP contribution is -2.62. The third kappa shape index (κ3) is 8.63. The van der Waals surface area contributed by atoms with Crippen LogP contribution in [0.5, 0.6) is 17.2 Å². The molecule has 2 fully saturated rings. The molecule has 2 aliphatic rings. The first-order valence-electron chi connectivity index (χ1n) is 14.3. The van der Waals surface area contributed by atoms with Gasteiger partial charge in [0.15, 0.2) is 17.8 Å². The Morgan fingerprint density at radius 2 is 1.47 bits per heavy atom. The zero-order valence-corrected chi connectivity index (χ0v) is 24.9. The van der Waals surface area contributed by atoms with E-state index in [1.54, 1.807) is 0 Å². The number of esters is 2. The number of hydrogen-bond acceptors (Lipinski definition) is 16. The molecule has 2 aliphatic heterocycles. The number of aromatic hydroxyl groups is 2. The number of phenolic OH excluding ortho intramolecular Hbond substituents is 2. The average Bonchev–Trinajstić information content (AvgIpc) is 3.30. The predicted molar refractivity (Wildman–Crippen MR) is 157 cm³/mol. The lowest BCUT2D eigenvalue weighted by atomic mass is 9.99. The van der Waals surface area contributed by atoms with E-state index < -0.39 is 86.6 Å². The number of carbonyl (C=O) groups excluding carboxylic acids is 2. The molecule has 256 valence electrons. The van der Waals surface area contributed by atoms with Crippen molar-refractivity contribution in [1.29, 1.82) is 0 Å². The van der Waals surface area contributed by atoms with Gasteiger partial charge in [-0.25, -0.2) is 9.59 Å². The highest BCUT2D eigenvalue weighted by molar-refractivity contribution is 5.87. The summed E-state index contributed by atoms with van der Waals surface area (Å²) in [6.45, 7) is -2.37. The molecule has 2 aromatic rings. The summed E-state index contributed by atoms with van der Waals surface area (Å²) in [5, 5.41) is 81.4. The van der Waals surface area contributed by atoms with Gasteiger partial charge in [0.1, 0.15) is 61.7 Å². The Labute approximate surface area is 267 Å². The Kier molecular flexibility index (Phi) is 11.9. The fourth-order valence-corrected chi connectivity index (χ4v) is 4.75. The summed E-state index contributed by atoms with van der Waals surface area (Å²) in [6.07, 6.45) is -9.40. The maximum Gasteiger partial charge on any atom is 0.330 e. The molecular weight excluding hydrogens is 628 g/mol. The number of rotatable bonds is 12. The van der Waals surface area contributed by atoms with Gasteiger partial charge in [-0.15, -0.1) is 0 Å². The third-order valence-corrected chi connectivity index (χ3v) is 7.40. The number of ether oxygens (including phenoxy) is 6. The van der Waals surface area contributed by atoms with Crippen LogP contribution in [0, 0.1) is 0 Å². The van der Waals surface area contributed by atoms with Gasteiger partial charge in [0.05, 0.1) is 13.7 Å². The van der Waals surface area contributed by atoms with Crippen LogP contribution in [0.3, 0.4) is 0 Å². The Morgan fingerprint density at radius 1 is 0.830 bits per heavy atom. The van der Waals surface area contributed by atoms with Crippen molar-refractivity contribution in [2.45, 2.75) is 54.8 Å². The molecule has 0 unspecified atom stereocenters. The Hall–Kier alpha value is -4.10. The second kappa shape index (κ2) is 15.7. The summed E-state index contributed by atoms with van der Waals surface area (Å²) in [6, 6.07) is 10.2. The van der Waals surface area contributed by atoms with Crippen molar-refractivity contribution in [3.63, 3.8) is 0 Å². The van der Waals surface area contributed by atoms with E-state index in [4.69, 9.17) is 28.4 Å². The van der Waals surface area contributed by atoms with Gasteiger partial charge in [-0.05, 0) is 47.5 Å². The molecule has 0 aliphatic carbocycles. The predicted octanol–water partition coefficient (Wildman–Crippen LogP) is -1.45. The summed E-state index contributed by atoms with van der Waals surface area (Å²) < 4.78 is 32.2. The fourth-order valence-electron chi connectivity index (χ4n) is 4.75. The van der Waals surface area contributed by atoms with Gasteiger partial charge in [0.2, 0.25) is 5.79 Å². The number of carbonyl (C=O) groups is 2. The quantitative estimate of drug-likeness (QED) is 0.0955. The van der Waals surface area contributed by atoms with Crippen molar-refractivity contribution in [3.8, 4) is 17.2 Å². The molecule has 0 radical (unpaired) electrons. The molecular formula is C31H36O16. The topological polar surface area (TPSA) is 251 Å². The zero-order chi connectivity index (χ0) is 34.3. The van der Waals surface area contributed by atoms with E-state index in [0.29, 0.717) is 11.1 Å². The van der Waals surface area contributed by atoms with E-state index in [2.05, 4.69) is 0 Å². The first-order chi connectivity index (χ1) is 22.4.